The van der Waals surface area contributed by atoms with Crippen LogP contribution in [0, 0.1) is 5.92 Å². The molecule has 2 aliphatic heterocycles. The van der Waals surface area contributed by atoms with Gasteiger partial charge in [0.05, 0.1) is 54.8 Å². The lowest BCUT2D eigenvalue weighted by molar-refractivity contribution is -0.115. The number of nitrogens with zero attached hydrogens (tertiary/aromatic N) is 4. The van der Waals surface area contributed by atoms with Crippen molar-refractivity contribution in [2.45, 2.75) is 31.4 Å². The molecule has 4 heterocycles. The van der Waals surface area contributed by atoms with Crippen LogP contribution >= 0.6 is 23.2 Å². The van der Waals surface area contributed by atoms with Gasteiger partial charge in [-0.15, -0.1) is 0 Å². The number of allylic oxidation sites excluding steroid dienone is 1. The summed E-state index contributed by atoms with van der Waals surface area (Å²) in [7, 11) is 3.03. The van der Waals surface area contributed by atoms with Crippen LogP contribution in [0.3, 0.4) is 0 Å². The standard InChI is InChI=1S/C28H31Cl2N5O5/c1-5-17(36)8-16-12-40-13-19(16)33-27-31-11-15-9-18(22-23(29)20(38-3)10-21(39-4)24(22)30)32-26(25(15)34-27)35-7-6-28(2,37)14-35/h5,9-11,16,19,37H,1,6-8,12-14H2,2-4H3,(H,31,33,34)/t16-,19+,28+/m0/s1. The Balaban J connectivity index is 1.60. The van der Waals surface area contributed by atoms with Gasteiger partial charge in [-0.25, -0.2) is 15.0 Å². The Labute approximate surface area is 242 Å². The number of fused-ring (bicyclic) bond motifs is 1. The van der Waals surface area contributed by atoms with Gasteiger partial charge >= 0.3 is 0 Å². The number of carbonyl (C=O) groups is 1. The number of carbonyl (C=O) groups excluding carboxylic acids is 1. The summed E-state index contributed by atoms with van der Waals surface area (Å²) in [4.78, 5) is 28.3. The Morgan fingerprint density at radius 2 is 1.98 bits per heavy atom. The highest BCUT2D eigenvalue weighted by atomic mass is 35.5. The van der Waals surface area contributed by atoms with Crippen molar-refractivity contribution < 1.29 is 24.1 Å². The Kier molecular flexibility index (Phi) is 8.05. The minimum atomic E-state index is -0.876. The molecule has 2 aromatic heterocycles. The predicted molar refractivity (Wildman–Crippen MR) is 155 cm³/mol. The molecule has 0 saturated carbocycles. The normalized spacial score (nSPS) is 22.5. The van der Waals surface area contributed by atoms with E-state index < -0.39 is 5.60 Å². The Morgan fingerprint density at radius 1 is 1.25 bits per heavy atom. The third-order valence-electron chi connectivity index (χ3n) is 7.33. The van der Waals surface area contributed by atoms with E-state index in [0.717, 1.165) is 0 Å². The minimum Gasteiger partial charge on any atom is -0.495 e. The number of pyridine rings is 1. The summed E-state index contributed by atoms with van der Waals surface area (Å²) in [6, 6.07) is 3.30. The van der Waals surface area contributed by atoms with E-state index in [2.05, 4.69) is 16.9 Å². The zero-order valence-electron chi connectivity index (χ0n) is 22.5. The second-order valence-electron chi connectivity index (χ2n) is 10.3. The van der Waals surface area contributed by atoms with Crippen LogP contribution in [0.4, 0.5) is 11.8 Å². The van der Waals surface area contributed by atoms with E-state index in [1.54, 1.807) is 19.2 Å². The minimum absolute atomic E-state index is 0.0224. The molecule has 40 heavy (non-hydrogen) atoms. The van der Waals surface area contributed by atoms with Gasteiger partial charge in [-0.3, -0.25) is 4.79 Å². The highest BCUT2D eigenvalue weighted by Crippen LogP contribution is 2.46. The summed E-state index contributed by atoms with van der Waals surface area (Å²) < 4.78 is 16.5. The summed E-state index contributed by atoms with van der Waals surface area (Å²) in [5, 5.41) is 15.4. The molecule has 2 saturated heterocycles. The SMILES string of the molecule is C=CC(=O)C[C@H]1COC[C@H]1Nc1ncc2cc(-c3c(Cl)c(OC)cc(OC)c3Cl)nc(N3CC[C@@](C)(O)C3)c2n1. The molecule has 10 nitrogen and oxygen atoms in total. The van der Waals surface area contributed by atoms with Crippen LogP contribution in [0.15, 0.2) is 31.0 Å². The van der Waals surface area contributed by atoms with E-state index in [1.165, 1.54) is 20.3 Å². The smallest absolute Gasteiger partial charge is 0.223 e. The third kappa shape index (κ3) is 5.54. The van der Waals surface area contributed by atoms with Crippen molar-refractivity contribution >= 4 is 51.7 Å². The van der Waals surface area contributed by atoms with Crippen molar-refractivity contribution in [2.75, 3.05) is 50.7 Å². The van der Waals surface area contributed by atoms with Crippen molar-refractivity contribution in [2.24, 2.45) is 5.92 Å². The molecule has 0 radical (unpaired) electrons. The van der Waals surface area contributed by atoms with Crippen molar-refractivity contribution in [1.29, 1.82) is 0 Å². The first-order valence-corrected chi connectivity index (χ1v) is 13.6. The van der Waals surface area contributed by atoms with Crippen LogP contribution in [0.1, 0.15) is 19.8 Å². The molecule has 0 spiro atoms. The third-order valence-corrected chi connectivity index (χ3v) is 8.08. The van der Waals surface area contributed by atoms with Gasteiger partial charge in [0.1, 0.15) is 17.0 Å². The molecular formula is C28H31Cl2N5O5. The Morgan fingerprint density at radius 3 is 2.60 bits per heavy atom. The van der Waals surface area contributed by atoms with Crippen LogP contribution in [-0.4, -0.2) is 78.0 Å². The number of benzene rings is 1. The summed E-state index contributed by atoms with van der Waals surface area (Å²) in [6.45, 7) is 7.22. The number of nitrogens with one attached hydrogen (secondary N) is 1. The second-order valence-corrected chi connectivity index (χ2v) is 11.1. The fourth-order valence-electron chi connectivity index (χ4n) is 5.14. The largest absolute Gasteiger partial charge is 0.495 e. The number of halogens is 2. The van der Waals surface area contributed by atoms with Gasteiger partial charge < -0.3 is 29.5 Å². The molecule has 2 fully saturated rings. The van der Waals surface area contributed by atoms with Crippen molar-refractivity contribution in [1.82, 2.24) is 15.0 Å². The Bertz CT molecular complexity index is 1440. The van der Waals surface area contributed by atoms with Gasteiger partial charge in [-0.05, 0) is 25.5 Å². The fraction of sp³-hybridized carbons (Fsp3) is 0.429. The topological polar surface area (TPSA) is 119 Å². The number of aromatic nitrogens is 3. The molecule has 2 aliphatic rings. The summed E-state index contributed by atoms with van der Waals surface area (Å²) in [6.07, 6.45) is 3.94. The van der Waals surface area contributed by atoms with Gasteiger partial charge in [0.15, 0.2) is 11.6 Å². The van der Waals surface area contributed by atoms with Crippen LogP contribution in [0.25, 0.3) is 22.2 Å². The van der Waals surface area contributed by atoms with Crippen LogP contribution < -0.4 is 19.7 Å². The van der Waals surface area contributed by atoms with E-state index in [-0.39, 0.29) is 17.7 Å². The number of β-amino-alcohol motifs (C(OH)–C–C–N with tert-alkyl or cyclic N) is 1. The van der Waals surface area contributed by atoms with E-state index in [1.807, 2.05) is 11.0 Å². The number of hydrogen-bond acceptors (Lipinski definition) is 10. The highest BCUT2D eigenvalue weighted by molar-refractivity contribution is 6.41. The molecule has 0 unspecified atom stereocenters. The molecule has 12 heteroatoms. The highest BCUT2D eigenvalue weighted by Gasteiger charge is 2.34. The molecule has 212 valence electrons. The second kappa shape index (κ2) is 11.4. The molecule has 0 bridgehead atoms. The lowest BCUT2D eigenvalue weighted by atomic mass is 9.97. The van der Waals surface area contributed by atoms with Gasteiger partial charge in [0, 0.05) is 48.6 Å². The molecular weight excluding hydrogens is 557 g/mol. The van der Waals surface area contributed by atoms with E-state index in [0.29, 0.717) is 94.6 Å². The zero-order valence-corrected chi connectivity index (χ0v) is 24.1. The van der Waals surface area contributed by atoms with Crippen LogP contribution in [-0.2, 0) is 9.53 Å². The summed E-state index contributed by atoms with van der Waals surface area (Å²) in [5.41, 5.74) is 0.656. The summed E-state index contributed by atoms with van der Waals surface area (Å²) in [5.74, 6) is 1.68. The lowest BCUT2D eigenvalue weighted by Gasteiger charge is -2.23. The van der Waals surface area contributed by atoms with Crippen LogP contribution in [0.2, 0.25) is 10.0 Å². The van der Waals surface area contributed by atoms with E-state index >= 15 is 0 Å². The van der Waals surface area contributed by atoms with E-state index in [9.17, 15) is 9.90 Å². The average molecular weight is 588 g/mol. The number of hydrogen-bond donors (Lipinski definition) is 2. The van der Waals surface area contributed by atoms with Crippen molar-refractivity contribution in [3.05, 3.63) is 41.0 Å². The predicted octanol–water partition coefficient (Wildman–Crippen LogP) is 4.55. The molecule has 3 aromatic rings. The van der Waals surface area contributed by atoms with Crippen molar-refractivity contribution in [3.8, 4) is 22.8 Å². The van der Waals surface area contributed by atoms with Gasteiger partial charge in [-0.1, -0.05) is 29.8 Å². The molecule has 5 rings (SSSR count). The summed E-state index contributed by atoms with van der Waals surface area (Å²) >= 11 is 13.4. The first kappa shape index (κ1) is 28.4. The molecule has 3 atom stereocenters. The van der Waals surface area contributed by atoms with Crippen LogP contribution in [0.5, 0.6) is 11.5 Å². The maximum atomic E-state index is 12.0. The number of anilines is 2. The zero-order chi connectivity index (χ0) is 28.6. The van der Waals surface area contributed by atoms with Gasteiger partial charge in [0.25, 0.3) is 0 Å². The Hall–Kier alpha value is -3.18. The molecule has 1 aromatic carbocycles. The molecule has 2 N–H and O–H groups in total. The number of methoxy groups -OCH3 is 2. The van der Waals surface area contributed by atoms with E-state index in [4.69, 9.17) is 47.4 Å². The van der Waals surface area contributed by atoms with Crippen molar-refractivity contribution in [3.63, 3.8) is 0 Å². The lowest BCUT2D eigenvalue weighted by Crippen LogP contribution is -2.31. The number of aliphatic hydroxyl groups is 1. The maximum Gasteiger partial charge on any atom is 0.223 e. The monoisotopic (exact) mass is 587 g/mol. The first-order chi connectivity index (χ1) is 19.1. The maximum absolute atomic E-state index is 12.0. The van der Waals surface area contributed by atoms with Gasteiger partial charge in [0.2, 0.25) is 5.95 Å². The quantitative estimate of drug-likeness (QED) is 0.345. The number of ketones is 1. The number of rotatable bonds is 9. The fourth-order valence-corrected chi connectivity index (χ4v) is 5.84. The molecule has 0 aliphatic carbocycles. The van der Waals surface area contributed by atoms with Gasteiger partial charge in [-0.2, -0.15) is 0 Å². The average Bonchev–Trinajstić information content (AvgIpc) is 3.53. The molecule has 0 amide bonds. The number of ether oxygens (including phenoxy) is 3. The first-order valence-electron chi connectivity index (χ1n) is 12.9.